The van der Waals surface area contributed by atoms with Gasteiger partial charge in [-0.15, -0.1) is 0 Å². The van der Waals surface area contributed by atoms with Gasteiger partial charge in [0, 0.05) is 32.9 Å². The second-order valence-electron chi connectivity index (χ2n) is 12.5. The van der Waals surface area contributed by atoms with Crippen molar-refractivity contribution in [2.45, 2.75) is 0 Å². The van der Waals surface area contributed by atoms with Crippen molar-refractivity contribution in [2.75, 3.05) is 0 Å². The zero-order valence-corrected chi connectivity index (χ0v) is 26.2. The summed E-state index contributed by atoms with van der Waals surface area (Å²) in [5.74, 6) is 0. The summed E-state index contributed by atoms with van der Waals surface area (Å²) in [6, 6.07) is 66.1. The van der Waals surface area contributed by atoms with Crippen LogP contribution in [0.3, 0.4) is 0 Å². The summed E-state index contributed by atoms with van der Waals surface area (Å²) >= 11 is 0. The highest BCUT2D eigenvalue weighted by Gasteiger charge is 2.20. The standard InChI is InChI=1S/C46H30N2/c1-3-15-31(16-4-1)47-41-25-11-9-21-39(41)45-37(23-13-27-43(45)47)35-29-30-36(34-20-8-7-19-33(34)35)38-24-14-28-44-46(38)40-22-10-12-26-42(40)48(44)32-17-5-2-6-18-32/h1-30H. The van der Waals surface area contributed by atoms with Crippen molar-refractivity contribution >= 4 is 54.4 Å². The molecule has 10 aromatic rings. The van der Waals surface area contributed by atoms with E-state index in [9.17, 15) is 0 Å². The van der Waals surface area contributed by atoms with Gasteiger partial charge in [-0.2, -0.15) is 0 Å². The number of para-hydroxylation sites is 4. The van der Waals surface area contributed by atoms with Gasteiger partial charge in [-0.25, -0.2) is 0 Å². The van der Waals surface area contributed by atoms with Gasteiger partial charge in [-0.3, -0.25) is 0 Å². The molecule has 48 heavy (non-hydrogen) atoms. The number of nitrogens with zero attached hydrogens (tertiary/aromatic N) is 2. The van der Waals surface area contributed by atoms with Gasteiger partial charge in [0.15, 0.2) is 0 Å². The third kappa shape index (κ3) is 3.87. The average Bonchev–Trinajstić information content (AvgIpc) is 3.68. The molecular weight excluding hydrogens is 581 g/mol. The van der Waals surface area contributed by atoms with Crippen molar-refractivity contribution in [1.29, 1.82) is 0 Å². The summed E-state index contributed by atoms with van der Waals surface area (Å²) in [6.45, 7) is 0. The van der Waals surface area contributed by atoms with Crippen molar-refractivity contribution in [3.05, 3.63) is 182 Å². The van der Waals surface area contributed by atoms with Gasteiger partial charge in [0.25, 0.3) is 0 Å². The summed E-state index contributed by atoms with van der Waals surface area (Å²) in [7, 11) is 0. The van der Waals surface area contributed by atoms with Gasteiger partial charge in [0.2, 0.25) is 0 Å². The van der Waals surface area contributed by atoms with E-state index in [1.807, 2.05) is 0 Å². The highest BCUT2D eigenvalue weighted by Crippen LogP contribution is 2.45. The molecule has 0 atom stereocenters. The second-order valence-corrected chi connectivity index (χ2v) is 12.5. The molecule has 0 radical (unpaired) electrons. The third-order valence-corrected chi connectivity index (χ3v) is 9.93. The number of fused-ring (bicyclic) bond motifs is 7. The van der Waals surface area contributed by atoms with Gasteiger partial charge < -0.3 is 9.13 Å². The minimum Gasteiger partial charge on any atom is -0.309 e. The lowest BCUT2D eigenvalue weighted by Gasteiger charge is -2.15. The fraction of sp³-hybridized carbons (Fsp3) is 0. The van der Waals surface area contributed by atoms with Crippen LogP contribution in [0.2, 0.25) is 0 Å². The highest BCUT2D eigenvalue weighted by molar-refractivity contribution is 6.21. The zero-order chi connectivity index (χ0) is 31.6. The molecule has 0 saturated carbocycles. The summed E-state index contributed by atoms with van der Waals surface area (Å²) in [6.07, 6.45) is 0. The first-order valence-electron chi connectivity index (χ1n) is 16.5. The number of hydrogen-bond acceptors (Lipinski definition) is 0. The largest absolute Gasteiger partial charge is 0.309 e. The van der Waals surface area contributed by atoms with Crippen LogP contribution in [0.5, 0.6) is 0 Å². The third-order valence-electron chi connectivity index (χ3n) is 9.93. The van der Waals surface area contributed by atoms with Gasteiger partial charge in [-0.05, 0) is 81.6 Å². The molecule has 0 unspecified atom stereocenters. The number of benzene rings is 8. The van der Waals surface area contributed by atoms with Gasteiger partial charge in [0.1, 0.15) is 0 Å². The van der Waals surface area contributed by atoms with E-state index in [1.165, 1.54) is 88.0 Å². The Kier molecular flexibility index (Phi) is 5.91. The van der Waals surface area contributed by atoms with Crippen molar-refractivity contribution in [3.8, 4) is 33.6 Å². The van der Waals surface area contributed by atoms with E-state index in [1.54, 1.807) is 0 Å². The minimum absolute atomic E-state index is 1.17. The van der Waals surface area contributed by atoms with Crippen LogP contribution >= 0.6 is 0 Å². The van der Waals surface area contributed by atoms with Crippen LogP contribution in [0.4, 0.5) is 0 Å². The monoisotopic (exact) mass is 610 g/mol. The molecule has 2 heteroatoms. The quantitative estimate of drug-likeness (QED) is 0.188. The van der Waals surface area contributed by atoms with E-state index in [2.05, 4.69) is 191 Å². The first-order valence-corrected chi connectivity index (χ1v) is 16.5. The molecule has 10 rings (SSSR count). The molecule has 0 aliphatic heterocycles. The van der Waals surface area contributed by atoms with Gasteiger partial charge in [0.05, 0.1) is 22.1 Å². The predicted octanol–water partition coefficient (Wildman–Crippen LogP) is 12.4. The van der Waals surface area contributed by atoms with E-state index in [-0.39, 0.29) is 0 Å². The molecule has 0 amide bonds. The van der Waals surface area contributed by atoms with E-state index in [0.717, 1.165) is 0 Å². The molecule has 0 aliphatic rings. The Morgan fingerprint density at radius 2 is 0.583 bits per heavy atom. The lowest BCUT2D eigenvalue weighted by molar-refractivity contribution is 1.18. The normalized spacial score (nSPS) is 11.8. The minimum atomic E-state index is 1.17. The Hall–Kier alpha value is -6.38. The maximum Gasteiger partial charge on any atom is 0.0547 e. The smallest absolute Gasteiger partial charge is 0.0547 e. The lowest BCUT2D eigenvalue weighted by Crippen LogP contribution is -1.93. The summed E-state index contributed by atoms with van der Waals surface area (Å²) in [5.41, 5.74) is 12.2. The molecule has 0 bridgehead atoms. The maximum absolute atomic E-state index is 2.40. The molecule has 0 aliphatic carbocycles. The van der Waals surface area contributed by atoms with Crippen LogP contribution in [-0.2, 0) is 0 Å². The van der Waals surface area contributed by atoms with E-state index in [4.69, 9.17) is 0 Å². The van der Waals surface area contributed by atoms with Crippen LogP contribution in [0.15, 0.2) is 182 Å². The van der Waals surface area contributed by atoms with Crippen molar-refractivity contribution in [1.82, 2.24) is 9.13 Å². The Balaban J connectivity index is 1.25. The summed E-state index contributed by atoms with van der Waals surface area (Å²) < 4.78 is 4.79. The second kappa shape index (κ2) is 10.6. The number of aromatic nitrogens is 2. The molecular formula is C46H30N2. The zero-order valence-electron chi connectivity index (χ0n) is 26.2. The summed E-state index contributed by atoms with van der Waals surface area (Å²) in [5, 5.41) is 7.59. The fourth-order valence-corrected chi connectivity index (χ4v) is 7.97. The molecule has 0 saturated heterocycles. The van der Waals surface area contributed by atoms with Crippen LogP contribution < -0.4 is 0 Å². The SMILES string of the molecule is c1ccc(-n2c3ccccc3c3c(-c4ccc(-c5cccc6c5c5ccccc5n6-c5ccccc5)c5ccccc45)cccc32)cc1. The van der Waals surface area contributed by atoms with E-state index >= 15 is 0 Å². The van der Waals surface area contributed by atoms with Crippen LogP contribution in [0.25, 0.3) is 88.0 Å². The molecule has 224 valence electrons. The molecule has 2 nitrogen and oxygen atoms in total. The Bertz CT molecular complexity index is 2620. The summed E-state index contributed by atoms with van der Waals surface area (Å²) in [4.78, 5) is 0. The van der Waals surface area contributed by atoms with Crippen molar-refractivity contribution < 1.29 is 0 Å². The molecule has 0 fully saturated rings. The highest BCUT2D eigenvalue weighted by atomic mass is 15.0. The molecule has 8 aromatic carbocycles. The maximum atomic E-state index is 2.40. The Morgan fingerprint density at radius 1 is 0.229 bits per heavy atom. The topological polar surface area (TPSA) is 9.86 Å². The Morgan fingerprint density at radius 3 is 1.02 bits per heavy atom. The molecule has 2 heterocycles. The van der Waals surface area contributed by atoms with E-state index < -0.39 is 0 Å². The van der Waals surface area contributed by atoms with Crippen molar-refractivity contribution in [3.63, 3.8) is 0 Å². The van der Waals surface area contributed by atoms with Crippen LogP contribution in [-0.4, -0.2) is 9.13 Å². The van der Waals surface area contributed by atoms with Crippen LogP contribution in [0.1, 0.15) is 0 Å². The first-order chi connectivity index (χ1) is 23.9. The fourth-order valence-electron chi connectivity index (χ4n) is 7.97. The number of rotatable bonds is 4. The lowest BCUT2D eigenvalue weighted by atomic mass is 9.89. The molecule has 0 N–H and O–H groups in total. The van der Waals surface area contributed by atoms with Gasteiger partial charge >= 0.3 is 0 Å². The van der Waals surface area contributed by atoms with Crippen LogP contribution in [0, 0.1) is 0 Å². The van der Waals surface area contributed by atoms with Gasteiger partial charge in [-0.1, -0.05) is 133 Å². The van der Waals surface area contributed by atoms with E-state index in [0.29, 0.717) is 0 Å². The van der Waals surface area contributed by atoms with Crippen molar-refractivity contribution in [2.24, 2.45) is 0 Å². The first kappa shape index (κ1) is 26.8. The molecule has 0 spiro atoms. The average molecular weight is 611 g/mol. The number of hydrogen-bond donors (Lipinski definition) is 0. The predicted molar refractivity (Wildman–Crippen MR) is 203 cm³/mol. The molecule has 2 aromatic heterocycles. The Labute approximate surface area is 278 Å².